The van der Waals surface area contributed by atoms with Crippen LogP contribution in [-0.4, -0.2) is 46.7 Å². The van der Waals surface area contributed by atoms with E-state index in [0.717, 1.165) is 0 Å². The van der Waals surface area contributed by atoms with E-state index in [1.165, 1.54) is 17.9 Å². The van der Waals surface area contributed by atoms with Crippen molar-refractivity contribution in [1.29, 1.82) is 0 Å². The summed E-state index contributed by atoms with van der Waals surface area (Å²) in [7, 11) is 0. The van der Waals surface area contributed by atoms with Crippen molar-refractivity contribution in [2.24, 2.45) is 5.92 Å². The van der Waals surface area contributed by atoms with Gasteiger partial charge in [0.1, 0.15) is 0 Å². The second-order valence-electron chi connectivity index (χ2n) is 4.22. The van der Waals surface area contributed by atoms with Crippen LogP contribution < -0.4 is 0 Å². The number of aliphatic hydroxyl groups excluding tert-OH is 1. The Kier molecular flexibility index (Phi) is 5.79. The van der Waals surface area contributed by atoms with E-state index in [1.807, 2.05) is 0 Å². The molecule has 1 atom stereocenters. The Bertz CT molecular complexity index is 464. The predicted molar refractivity (Wildman–Crippen MR) is 71.2 cm³/mol. The number of aliphatic hydroxyl groups is 1. The highest BCUT2D eigenvalue weighted by Gasteiger charge is 2.21. The van der Waals surface area contributed by atoms with Crippen LogP contribution in [0.5, 0.6) is 0 Å². The zero-order valence-electron chi connectivity index (χ0n) is 10.5. The van der Waals surface area contributed by atoms with Gasteiger partial charge in [0.25, 0.3) is 5.91 Å². The van der Waals surface area contributed by atoms with Gasteiger partial charge in [0.2, 0.25) is 0 Å². The first-order chi connectivity index (χ1) is 8.95. The third-order valence-corrected chi connectivity index (χ3v) is 2.88. The molecule has 0 saturated heterocycles. The average molecular weight is 286 g/mol. The minimum Gasteiger partial charge on any atom is -0.481 e. The van der Waals surface area contributed by atoms with E-state index < -0.39 is 11.9 Å². The molecule has 5 nitrogen and oxygen atoms in total. The molecule has 0 bridgehead atoms. The van der Waals surface area contributed by atoms with Crippen molar-refractivity contribution < 1.29 is 19.8 Å². The van der Waals surface area contributed by atoms with Gasteiger partial charge in [-0.15, -0.1) is 0 Å². The monoisotopic (exact) mass is 285 g/mol. The highest BCUT2D eigenvalue weighted by Crippen LogP contribution is 2.13. The van der Waals surface area contributed by atoms with Crippen LogP contribution in [0.3, 0.4) is 0 Å². The number of amides is 1. The van der Waals surface area contributed by atoms with Crippen LogP contribution in [0.4, 0.5) is 0 Å². The Hall–Kier alpha value is -1.59. The van der Waals surface area contributed by atoms with Gasteiger partial charge in [0.05, 0.1) is 12.5 Å². The van der Waals surface area contributed by atoms with E-state index >= 15 is 0 Å². The number of nitrogens with zero attached hydrogens (tertiary/aromatic N) is 1. The summed E-state index contributed by atoms with van der Waals surface area (Å²) in [5, 5.41) is 18.3. The first-order valence-electron chi connectivity index (χ1n) is 5.84. The van der Waals surface area contributed by atoms with Crippen LogP contribution in [0.25, 0.3) is 0 Å². The van der Waals surface area contributed by atoms with Crippen molar-refractivity contribution in [3.8, 4) is 0 Å². The van der Waals surface area contributed by atoms with E-state index in [1.54, 1.807) is 18.2 Å². The normalized spacial score (nSPS) is 11.9. The molecule has 0 fully saturated rings. The first kappa shape index (κ1) is 15.5. The molecule has 1 rings (SSSR count). The number of hydrogen-bond donors (Lipinski definition) is 2. The molecule has 19 heavy (non-hydrogen) atoms. The standard InChI is InChI=1S/C13H16ClNO4/c1-9(13(18)19)8-15(5-6-16)12(17)10-3-2-4-11(14)7-10/h2-4,7,9,16H,5-6,8H2,1H3,(H,18,19). The number of carboxylic acid groups (broad SMARTS) is 1. The minimum atomic E-state index is -0.984. The maximum Gasteiger partial charge on any atom is 0.308 e. The molecule has 0 aliphatic carbocycles. The summed E-state index contributed by atoms with van der Waals surface area (Å²) in [6.45, 7) is 1.42. The molecule has 104 valence electrons. The summed E-state index contributed by atoms with van der Waals surface area (Å²) in [4.78, 5) is 24.3. The largest absolute Gasteiger partial charge is 0.481 e. The Balaban J connectivity index is 2.86. The van der Waals surface area contributed by atoms with Gasteiger partial charge < -0.3 is 15.1 Å². The maximum absolute atomic E-state index is 12.2. The van der Waals surface area contributed by atoms with Crippen molar-refractivity contribution in [3.63, 3.8) is 0 Å². The third-order valence-electron chi connectivity index (χ3n) is 2.64. The fourth-order valence-corrected chi connectivity index (χ4v) is 1.80. The summed E-state index contributed by atoms with van der Waals surface area (Å²) in [5.41, 5.74) is 0.374. The molecular weight excluding hydrogens is 270 g/mol. The molecule has 1 unspecified atom stereocenters. The Morgan fingerprint density at radius 1 is 1.42 bits per heavy atom. The highest BCUT2D eigenvalue weighted by molar-refractivity contribution is 6.30. The summed E-state index contributed by atoms with van der Waals surface area (Å²) in [6, 6.07) is 6.41. The molecule has 1 amide bonds. The molecule has 0 radical (unpaired) electrons. The molecule has 0 aliphatic heterocycles. The summed E-state index contributed by atoms with van der Waals surface area (Å²) in [5.74, 6) is -2.03. The highest BCUT2D eigenvalue weighted by atomic mass is 35.5. The number of carboxylic acids is 1. The number of halogens is 1. The zero-order valence-corrected chi connectivity index (χ0v) is 11.3. The second kappa shape index (κ2) is 7.11. The molecule has 6 heteroatoms. The fraction of sp³-hybridized carbons (Fsp3) is 0.385. The topological polar surface area (TPSA) is 77.8 Å². The number of carbonyl (C=O) groups excluding carboxylic acids is 1. The van der Waals surface area contributed by atoms with Crippen LogP contribution in [0.1, 0.15) is 17.3 Å². The van der Waals surface area contributed by atoms with E-state index in [-0.39, 0.29) is 25.6 Å². The summed E-state index contributed by atoms with van der Waals surface area (Å²) < 4.78 is 0. The Morgan fingerprint density at radius 3 is 2.63 bits per heavy atom. The van der Waals surface area contributed by atoms with Crippen molar-refractivity contribution in [2.45, 2.75) is 6.92 Å². The quantitative estimate of drug-likeness (QED) is 0.830. The van der Waals surface area contributed by atoms with Gasteiger partial charge in [-0.1, -0.05) is 24.6 Å². The molecule has 0 saturated carbocycles. The Labute approximate surface area is 116 Å². The van der Waals surface area contributed by atoms with E-state index in [9.17, 15) is 9.59 Å². The van der Waals surface area contributed by atoms with Crippen LogP contribution in [-0.2, 0) is 4.79 Å². The Morgan fingerprint density at radius 2 is 2.11 bits per heavy atom. The molecule has 0 heterocycles. The molecule has 0 aromatic heterocycles. The number of aliphatic carboxylic acids is 1. The minimum absolute atomic E-state index is 0.0429. The molecular formula is C13H16ClNO4. The average Bonchev–Trinajstić information content (AvgIpc) is 2.37. The van der Waals surface area contributed by atoms with Crippen molar-refractivity contribution in [2.75, 3.05) is 19.7 Å². The van der Waals surface area contributed by atoms with Crippen molar-refractivity contribution in [1.82, 2.24) is 4.90 Å². The number of rotatable bonds is 6. The van der Waals surface area contributed by atoms with Gasteiger partial charge in [-0.2, -0.15) is 0 Å². The number of benzene rings is 1. The van der Waals surface area contributed by atoms with E-state index in [4.69, 9.17) is 21.8 Å². The number of carbonyl (C=O) groups is 2. The van der Waals surface area contributed by atoms with Crippen LogP contribution >= 0.6 is 11.6 Å². The van der Waals surface area contributed by atoms with Crippen LogP contribution in [0.15, 0.2) is 24.3 Å². The smallest absolute Gasteiger partial charge is 0.308 e. The van der Waals surface area contributed by atoms with Gasteiger partial charge in [-0.25, -0.2) is 0 Å². The molecule has 0 aliphatic rings. The van der Waals surface area contributed by atoms with Gasteiger partial charge in [0, 0.05) is 23.7 Å². The lowest BCUT2D eigenvalue weighted by Crippen LogP contribution is -2.38. The molecule has 1 aromatic carbocycles. The summed E-state index contributed by atoms with van der Waals surface area (Å²) in [6.07, 6.45) is 0. The van der Waals surface area contributed by atoms with Gasteiger partial charge >= 0.3 is 5.97 Å². The van der Waals surface area contributed by atoms with E-state index in [0.29, 0.717) is 10.6 Å². The lowest BCUT2D eigenvalue weighted by molar-refractivity contribution is -0.141. The van der Waals surface area contributed by atoms with Crippen molar-refractivity contribution >= 4 is 23.5 Å². The van der Waals surface area contributed by atoms with Gasteiger partial charge in [-0.3, -0.25) is 9.59 Å². The summed E-state index contributed by atoms with van der Waals surface area (Å²) >= 11 is 5.81. The second-order valence-corrected chi connectivity index (χ2v) is 4.66. The lowest BCUT2D eigenvalue weighted by Gasteiger charge is -2.23. The third kappa shape index (κ3) is 4.54. The number of hydrogen-bond acceptors (Lipinski definition) is 3. The fourth-order valence-electron chi connectivity index (χ4n) is 1.61. The maximum atomic E-state index is 12.2. The van der Waals surface area contributed by atoms with Crippen LogP contribution in [0, 0.1) is 5.92 Å². The molecule has 0 spiro atoms. The molecule has 1 aromatic rings. The zero-order chi connectivity index (χ0) is 14.4. The lowest BCUT2D eigenvalue weighted by atomic mass is 10.1. The van der Waals surface area contributed by atoms with Crippen molar-refractivity contribution in [3.05, 3.63) is 34.9 Å². The first-order valence-corrected chi connectivity index (χ1v) is 6.22. The van der Waals surface area contributed by atoms with E-state index in [2.05, 4.69) is 0 Å². The van der Waals surface area contributed by atoms with Gasteiger partial charge in [-0.05, 0) is 18.2 Å². The van der Waals surface area contributed by atoms with Gasteiger partial charge in [0.15, 0.2) is 0 Å². The predicted octanol–water partition coefficient (Wildman–Crippen LogP) is 1.50. The molecule has 2 N–H and O–H groups in total. The SMILES string of the molecule is CC(CN(CCO)C(=O)c1cccc(Cl)c1)C(=O)O. The van der Waals surface area contributed by atoms with Crippen LogP contribution in [0.2, 0.25) is 5.02 Å².